The van der Waals surface area contributed by atoms with Crippen LogP contribution >= 0.6 is 11.8 Å². The lowest BCUT2D eigenvalue weighted by atomic mass is 10.3. The van der Waals surface area contributed by atoms with Crippen molar-refractivity contribution in [3.8, 4) is 0 Å². The molecule has 1 unspecified atom stereocenters. The highest BCUT2D eigenvalue weighted by molar-refractivity contribution is 7.99. The van der Waals surface area contributed by atoms with Gasteiger partial charge < -0.3 is 5.32 Å². The largest absolute Gasteiger partial charge is 0.385 e. The summed E-state index contributed by atoms with van der Waals surface area (Å²) in [7, 11) is -0.878. The standard InChI is InChI=1S/C12H19NOS2/c1-3-15-10-4-9-13-11-5-7-12(8-6-11)16(2)14/h5-8,13H,3-4,9-10H2,1-2H3. The van der Waals surface area contributed by atoms with E-state index in [0.29, 0.717) is 0 Å². The predicted molar refractivity (Wildman–Crippen MR) is 74.9 cm³/mol. The van der Waals surface area contributed by atoms with Gasteiger partial charge in [0.1, 0.15) is 0 Å². The molecule has 0 saturated carbocycles. The van der Waals surface area contributed by atoms with Gasteiger partial charge in [-0.25, -0.2) is 0 Å². The first-order valence-corrected chi connectivity index (χ1v) is 8.20. The van der Waals surface area contributed by atoms with E-state index in [0.717, 1.165) is 17.1 Å². The van der Waals surface area contributed by atoms with Crippen molar-refractivity contribution >= 4 is 28.2 Å². The summed E-state index contributed by atoms with van der Waals surface area (Å²) in [5.74, 6) is 2.40. The van der Waals surface area contributed by atoms with Crippen molar-refractivity contribution in [3.05, 3.63) is 24.3 Å². The van der Waals surface area contributed by atoms with Gasteiger partial charge in [0.2, 0.25) is 0 Å². The number of anilines is 1. The Balaban J connectivity index is 2.29. The van der Waals surface area contributed by atoms with Gasteiger partial charge in [0, 0.05) is 34.2 Å². The molecule has 0 aliphatic carbocycles. The topological polar surface area (TPSA) is 29.1 Å². The molecule has 0 amide bonds. The molecule has 4 heteroatoms. The normalized spacial score (nSPS) is 12.4. The maximum atomic E-state index is 11.2. The Morgan fingerprint density at radius 3 is 2.56 bits per heavy atom. The smallest absolute Gasteiger partial charge is 0.0498 e. The van der Waals surface area contributed by atoms with Crippen LogP contribution in [0.2, 0.25) is 0 Å². The second-order valence-corrected chi connectivity index (χ2v) is 6.23. The molecule has 0 saturated heterocycles. The maximum Gasteiger partial charge on any atom is 0.0498 e. The third kappa shape index (κ3) is 5.03. The molecule has 2 nitrogen and oxygen atoms in total. The van der Waals surface area contributed by atoms with Crippen LogP contribution in [0.25, 0.3) is 0 Å². The Kier molecular flexibility index (Phi) is 6.57. The molecule has 0 fully saturated rings. The van der Waals surface area contributed by atoms with E-state index in [2.05, 4.69) is 12.2 Å². The van der Waals surface area contributed by atoms with E-state index >= 15 is 0 Å². The molecular weight excluding hydrogens is 238 g/mol. The summed E-state index contributed by atoms with van der Waals surface area (Å²) in [5, 5.41) is 3.36. The summed E-state index contributed by atoms with van der Waals surface area (Å²) in [5.41, 5.74) is 1.11. The molecule has 1 atom stereocenters. The van der Waals surface area contributed by atoms with Crippen LogP contribution in [0.5, 0.6) is 0 Å². The van der Waals surface area contributed by atoms with Crippen LogP contribution in [0.15, 0.2) is 29.2 Å². The van der Waals surface area contributed by atoms with Crippen molar-refractivity contribution in [3.63, 3.8) is 0 Å². The summed E-state index contributed by atoms with van der Waals surface area (Å²) in [6.07, 6.45) is 2.88. The van der Waals surface area contributed by atoms with E-state index in [4.69, 9.17) is 0 Å². The highest BCUT2D eigenvalue weighted by Crippen LogP contribution is 2.12. The maximum absolute atomic E-state index is 11.2. The summed E-state index contributed by atoms with van der Waals surface area (Å²) < 4.78 is 11.2. The van der Waals surface area contributed by atoms with Gasteiger partial charge in [-0.15, -0.1) is 0 Å². The first-order chi connectivity index (χ1) is 7.74. The van der Waals surface area contributed by atoms with Gasteiger partial charge >= 0.3 is 0 Å². The van der Waals surface area contributed by atoms with Crippen LogP contribution in [0, 0.1) is 0 Å². The number of nitrogens with one attached hydrogen (secondary N) is 1. The van der Waals surface area contributed by atoms with E-state index in [-0.39, 0.29) is 0 Å². The van der Waals surface area contributed by atoms with Gasteiger partial charge in [-0.3, -0.25) is 4.21 Å². The minimum atomic E-state index is -0.878. The lowest BCUT2D eigenvalue weighted by molar-refractivity contribution is 0.687. The second kappa shape index (κ2) is 7.74. The van der Waals surface area contributed by atoms with Crippen LogP contribution in [-0.4, -0.2) is 28.5 Å². The number of benzene rings is 1. The minimum Gasteiger partial charge on any atom is -0.385 e. The third-order valence-corrected chi connectivity index (χ3v) is 4.11. The van der Waals surface area contributed by atoms with Gasteiger partial charge in [0.15, 0.2) is 0 Å². The molecule has 0 heterocycles. The zero-order chi connectivity index (χ0) is 11.8. The van der Waals surface area contributed by atoms with Crippen molar-refractivity contribution in [2.24, 2.45) is 0 Å². The van der Waals surface area contributed by atoms with E-state index in [1.54, 1.807) is 6.26 Å². The Morgan fingerprint density at radius 1 is 1.31 bits per heavy atom. The monoisotopic (exact) mass is 257 g/mol. The molecule has 0 radical (unpaired) electrons. The Bertz CT molecular complexity index is 324. The van der Waals surface area contributed by atoms with Crippen LogP contribution in [-0.2, 0) is 10.8 Å². The van der Waals surface area contributed by atoms with Gasteiger partial charge in [0.05, 0.1) is 0 Å². The SMILES string of the molecule is CCSCCCNc1ccc(S(C)=O)cc1. The molecule has 1 aromatic carbocycles. The Morgan fingerprint density at radius 2 is 2.00 bits per heavy atom. The lowest BCUT2D eigenvalue weighted by Gasteiger charge is -2.06. The van der Waals surface area contributed by atoms with Gasteiger partial charge in [-0.1, -0.05) is 6.92 Å². The zero-order valence-corrected chi connectivity index (χ0v) is 11.5. The second-order valence-electron chi connectivity index (χ2n) is 3.46. The summed E-state index contributed by atoms with van der Waals surface area (Å²) >= 11 is 1.97. The summed E-state index contributed by atoms with van der Waals surface area (Å²) in [6.45, 7) is 3.18. The van der Waals surface area contributed by atoms with Crippen LogP contribution in [0.3, 0.4) is 0 Å². The van der Waals surface area contributed by atoms with Crippen molar-refractivity contribution in [1.29, 1.82) is 0 Å². The Labute approximate surface area is 105 Å². The van der Waals surface area contributed by atoms with Crippen molar-refractivity contribution in [2.75, 3.05) is 29.6 Å². The highest BCUT2D eigenvalue weighted by atomic mass is 32.2. The molecule has 1 rings (SSSR count). The van der Waals surface area contributed by atoms with Crippen LogP contribution in [0.1, 0.15) is 13.3 Å². The third-order valence-electron chi connectivity index (χ3n) is 2.18. The van der Waals surface area contributed by atoms with E-state index in [1.807, 2.05) is 36.0 Å². The average molecular weight is 257 g/mol. The molecule has 1 N–H and O–H groups in total. The number of hydrogen-bond donors (Lipinski definition) is 1. The first kappa shape index (κ1) is 13.6. The molecule has 0 bridgehead atoms. The van der Waals surface area contributed by atoms with Gasteiger partial charge in [0.25, 0.3) is 0 Å². The fourth-order valence-electron chi connectivity index (χ4n) is 1.32. The molecule has 16 heavy (non-hydrogen) atoms. The number of rotatable bonds is 7. The zero-order valence-electron chi connectivity index (χ0n) is 9.86. The fraction of sp³-hybridized carbons (Fsp3) is 0.500. The van der Waals surface area contributed by atoms with E-state index < -0.39 is 10.8 Å². The number of thioether (sulfide) groups is 1. The quantitative estimate of drug-likeness (QED) is 0.761. The molecule has 0 aliphatic rings. The van der Waals surface area contributed by atoms with Gasteiger partial charge in [-0.2, -0.15) is 11.8 Å². The first-order valence-electron chi connectivity index (χ1n) is 5.49. The minimum absolute atomic E-state index is 0.878. The molecule has 0 aromatic heterocycles. The van der Waals surface area contributed by atoms with Crippen molar-refractivity contribution in [2.45, 2.75) is 18.2 Å². The highest BCUT2D eigenvalue weighted by Gasteiger charge is 1.97. The van der Waals surface area contributed by atoms with Crippen LogP contribution < -0.4 is 5.32 Å². The summed E-state index contributed by atoms with van der Waals surface area (Å²) in [6, 6.07) is 7.81. The van der Waals surface area contributed by atoms with Crippen molar-refractivity contribution in [1.82, 2.24) is 0 Å². The van der Waals surface area contributed by atoms with E-state index in [9.17, 15) is 4.21 Å². The van der Waals surface area contributed by atoms with Gasteiger partial charge in [-0.05, 0) is 42.2 Å². The van der Waals surface area contributed by atoms with Crippen LogP contribution in [0.4, 0.5) is 5.69 Å². The molecule has 90 valence electrons. The van der Waals surface area contributed by atoms with Crippen molar-refractivity contribution < 1.29 is 4.21 Å². The molecule has 1 aromatic rings. The molecule has 0 aliphatic heterocycles. The predicted octanol–water partition coefficient (Wildman–Crippen LogP) is 2.98. The molecule has 0 spiro atoms. The average Bonchev–Trinajstić information content (AvgIpc) is 2.29. The van der Waals surface area contributed by atoms with E-state index in [1.165, 1.54) is 17.9 Å². The Hall–Kier alpha value is -0.480. The summed E-state index contributed by atoms with van der Waals surface area (Å²) in [4.78, 5) is 0.882. The lowest BCUT2D eigenvalue weighted by Crippen LogP contribution is -2.02. The fourth-order valence-corrected chi connectivity index (χ4v) is 2.47. The number of hydrogen-bond acceptors (Lipinski definition) is 3. The molecular formula is C12H19NOS2.